The van der Waals surface area contributed by atoms with E-state index < -0.39 is 5.97 Å². The van der Waals surface area contributed by atoms with Gasteiger partial charge in [-0.1, -0.05) is 12.1 Å². The number of hydrogen-bond donors (Lipinski definition) is 2. The van der Waals surface area contributed by atoms with Crippen LogP contribution in [0.1, 0.15) is 17.5 Å². The number of rotatable bonds is 2. The van der Waals surface area contributed by atoms with Crippen LogP contribution in [-0.2, 0) is 17.8 Å². The second-order valence-electron chi connectivity index (χ2n) is 3.76. The number of carboxylic acids is 1. The van der Waals surface area contributed by atoms with Crippen LogP contribution in [0, 0.1) is 5.82 Å². The molecule has 0 aromatic heterocycles. The van der Waals surface area contributed by atoms with E-state index in [9.17, 15) is 9.18 Å². The van der Waals surface area contributed by atoms with Gasteiger partial charge in [0.2, 0.25) is 0 Å². The van der Waals surface area contributed by atoms with Gasteiger partial charge in [0, 0.05) is 18.2 Å². The highest BCUT2D eigenvalue weighted by molar-refractivity contribution is 5.67. The van der Waals surface area contributed by atoms with Gasteiger partial charge < -0.3 is 10.4 Å². The van der Waals surface area contributed by atoms with Crippen LogP contribution in [-0.4, -0.2) is 17.1 Å². The lowest BCUT2D eigenvalue weighted by molar-refractivity contribution is -0.137. The average molecular weight is 209 g/mol. The van der Waals surface area contributed by atoms with Gasteiger partial charge >= 0.3 is 5.97 Å². The van der Waals surface area contributed by atoms with Crippen LogP contribution in [0.2, 0.25) is 0 Å². The Hall–Kier alpha value is -1.42. The van der Waals surface area contributed by atoms with E-state index in [0.29, 0.717) is 18.5 Å². The molecular weight excluding hydrogens is 197 g/mol. The lowest BCUT2D eigenvalue weighted by Gasteiger charge is -2.25. The molecule has 2 N–H and O–H groups in total. The SMILES string of the molecule is O=C(O)CC1Cc2cccc(F)c2CN1. The molecule has 1 aromatic rings. The molecule has 2 rings (SSSR count). The Balaban J connectivity index is 2.17. The highest BCUT2D eigenvalue weighted by atomic mass is 19.1. The normalized spacial score (nSPS) is 19.7. The Labute approximate surface area is 86.9 Å². The molecule has 0 radical (unpaired) electrons. The third-order valence-electron chi connectivity index (χ3n) is 2.67. The van der Waals surface area contributed by atoms with Crippen LogP contribution < -0.4 is 5.32 Å². The van der Waals surface area contributed by atoms with Gasteiger partial charge in [-0.25, -0.2) is 4.39 Å². The molecule has 4 heteroatoms. The van der Waals surface area contributed by atoms with Crippen molar-refractivity contribution >= 4 is 5.97 Å². The standard InChI is InChI=1S/C11H12FNO2/c12-10-3-1-2-7-4-8(5-11(14)15)13-6-9(7)10/h1-3,8,13H,4-6H2,(H,14,15). The predicted octanol–water partition coefficient (Wildman–Crippen LogP) is 1.31. The minimum atomic E-state index is -0.827. The molecule has 3 nitrogen and oxygen atoms in total. The molecule has 0 aliphatic carbocycles. The van der Waals surface area contributed by atoms with Crippen molar-refractivity contribution in [1.29, 1.82) is 0 Å². The number of carboxylic acid groups (broad SMARTS) is 1. The predicted molar refractivity (Wildman–Crippen MR) is 53.0 cm³/mol. The van der Waals surface area contributed by atoms with Crippen molar-refractivity contribution in [1.82, 2.24) is 5.32 Å². The van der Waals surface area contributed by atoms with Crippen LogP contribution in [0.4, 0.5) is 4.39 Å². The smallest absolute Gasteiger partial charge is 0.304 e. The molecule has 0 amide bonds. The van der Waals surface area contributed by atoms with E-state index in [1.54, 1.807) is 6.07 Å². The highest BCUT2D eigenvalue weighted by Crippen LogP contribution is 2.20. The Kier molecular flexibility index (Phi) is 2.68. The third-order valence-corrected chi connectivity index (χ3v) is 2.67. The lowest BCUT2D eigenvalue weighted by atomic mass is 9.94. The summed E-state index contributed by atoms with van der Waals surface area (Å²) in [5, 5.41) is 11.7. The molecule has 1 atom stereocenters. The number of nitrogens with one attached hydrogen (secondary N) is 1. The van der Waals surface area contributed by atoms with Gasteiger partial charge in [-0.15, -0.1) is 0 Å². The first kappa shape index (κ1) is 10.1. The minimum Gasteiger partial charge on any atom is -0.481 e. The molecule has 80 valence electrons. The van der Waals surface area contributed by atoms with E-state index in [4.69, 9.17) is 5.11 Å². The molecule has 15 heavy (non-hydrogen) atoms. The zero-order valence-corrected chi connectivity index (χ0v) is 8.16. The molecule has 0 bridgehead atoms. The Bertz CT molecular complexity index is 392. The van der Waals surface area contributed by atoms with E-state index in [1.165, 1.54) is 6.07 Å². The van der Waals surface area contributed by atoms with Gasteiger partial charge in [0.25, 0.3) is 0 Å². The molecule has 0 saturated heterocycles. The Morgan fingerprint density at radius 1 is 1.60 bits per heavy atom. The van der Waals surface area contributed by atoms with Crippen molar-refractivity contribution in [3.63, 3.8) is 0 Å². The largest absolute Gasteiger partial charge is 0.481 e. The van der Waals surface area contributed by atoms with Gasteiger partial charge in [-0.2, -0.15) is 0 Å². The Morgan fingerprint density at radius 2 is 2.40 bits per heavy atom. The summed E-state index contributed by atoms with van der Waals surface area (Å²) in [4.78, 5) is 10.5. The summed E-state index contributed by atoms with van der Waals surface area (Å²) in [5.74, 6) is -1.04. The quantitative estimate of drug-likeness (QED) is 0.772. The summed E-state index contributed by atoms with van der Waals surface area (Å²) in [7, 11) is 0. The molecular formula is C11H12FNO2. The van der Waals surface area contributed by atoms with Crippen molar-refractivity contribution < 1.29 is 14.3 Å². The fraction of sp³-hybridized carbons (Fsp3) is 0.364. The third kappa shape index (κ3) is 2.15. The molecule has 1 unspecified atom stereocenters. The van der Waals surface area contributed by atoms with Crippen LogP contribution in [0.5, 0.6) is 0 Å². The fourth-order valence-corrected chi connectivity index (χ4v) is 1.93. The maximum atomic E-state index is 13.3. The summed E-state index contributed by atoms with van der Waals surface area (Å²) < 4.78 is 13.3. The van der Waals surface area contributed by atoms with Crippen molar-refractivity contribution in [3.05, 3.63) is 35.1 Å². The van der Waals surface area contributed by atoms with E-state index >= 15 is 0 Å². The number of aliphatic carboxylic acids is 1. The summed E-state index contributed by atoms with van der Waals surface area (Å²) in [6.07, 6.45) is 0.662. The zero-order valence-electron chi connectivity index (χ0n) is 8.16. The minimum absolute atomic E-state index is 0.0793. The fourth-order valence-electron chi connectivity index (χ4n) is 1.93. The van der Waals surface area contributed by atoms with E-state index in [2.05, 4.69) is 5.32 Å². The average Bonchev–Trinajstić information content (AvgIpc) is 2.17. The van der Waals surface area contributed by atoms with E-state index in [-0.39, 0.29) is 18.3 Å². The molecule has 0 saturated carbocycles. The maximum absolute atomic E-state index is 13.3. The first-order valence-electron chi connectivity index (χ1n) is 4.88. The van der Waals surface area contributed by atoms with Gasteiger partial charge in [-0.05, 0) is 18.1 Å². The monoisotopic (exact) mass is 209 g/mol. The van der Waals surface area contributed by atoms with Gasteiger partial charge in [0.05, 0.1) is 6.42 Å². The van der Waals surface area contributed by atoms with E-state index in [1.807, 2.05) is 6.07 Å². The zero-order chi connectivity index (χ0) is 10.8. The Morgan fingerprint density at radius 3 is 3.13 bits per heavy atom. The van der Waals surface area contributed by atoms with Crippen LogP contribution in [0.25, 0.3) is 0 Å². The summed E-state index contributed by atoms with van der Waals surface area (Å²) in [6.45, 7) is 0.417. The summed E-state index contributed by atoms with van der Waals surface area (Å²) >= 11 is 0. The van der Waals surface area contributed by atoms with Crippen molar-refractivity contribution in [3.8, 4) is 0 Å². The van der Waals surface area contributed by atoms with Crippen LogP contribution in [0.3, 0.4) is 0 Å². The number of carbonyl (C=O) groups is 1. The van der Waals surface area contributed by atoms with Crippen molar-refractivity contribution in [2.24, 2.45) is 0 Å². The lowest BCUT2D eigenvalue weighted by Crippen LogP contribution is -2.37. The molecule has 1 aliphatic heterocycles. The molecule has 1 heterocycles. The highest BCUT2D eigenvalue weighted by Gasteiger charge is 2.21. The first-order chi connectivity index (χ1) is 7.16. The summed E-state index contributed by atoms with van der Waals surface area (Å²) in [6, 6.07) is 4.86. The second kappa shape index (κ2) is 3.98. The molecule has 0 fully saturated rings. The topological polar surface area (TPSA) is 49.3 Å². The maximum Gasteiger partial charge on any atom is 0.304 e. The van der Waals surface area contributed by atoms with E-state index in [0.717, 1.165) is 5.56 Å². The molecule has 1 aliphatic rings. The van der Waals surface area contributed by atoms with Crippen LogP contribution in [0.15, 0.2) is 18.2 Å². The number of fused-ring (bicyclic) bond motifs is 1. The molecule has 1 aromatic carbocycles. The van der Waals surface area contributed by atoms with Gasteiger partial charge in [0.15, 0.2) is 0 Å². The first-order valence-corrected chi connectivity index (χ1v) is 4.88. The number of hydrogen-bond acceptors (Lipinski definition) is 2. The van der Waals surface area contributed by atoms with Crippen molar-refractivity contribution in [2.75, 3.05) is 0 Å². The van der Waals surface area contributed by atoms with Gasteiger partial charge in [0.1, 0.15) is 5.82 Å². The molecule has 0 spiro atoms. The summed E-state index contributed by atoms with van der Waals surface area (Å²) in [5.41, 5.74) is 1.58. The number of halogens is 1. The van der Waals surface area contributed by atoms with Crippen molar-refractivity contribution in [2.45, 2.75) is 25.4 Å². The number of benzene rings is 1. The second-order valence-corrected chi connectivity index (χ2v) is 3.76. The van der Waals surface area contributed by atoms with Crippen LogP contribution >= 0.6 is 0 Å². The van der Waals surface area contributed by atoms with Gasteiger partial charge in [-0.3, -0.25) is 4.79 Å².